The van der Waals surface area contributed by atoms with Gasteiger partial charge >= 0.3 is 0 Å². The Balaban J connectivity index is 1.27. The van der Waals surface area contributed by atoms with Gasteiger partial charge in [0.2, 0.25) is 0 Å². The van der Waals surface area contributed by atoms with Crippen LogP contribution < -0.4 is 5.32 Å². The van der Waals surface area contributed by atoms with Crippen molar-refractivity contribution in [2.45, 2.75) is 31.9 Å². The topological polar surface area (TPSA) is 47.8 Å². The molecule has 1 aliphatic rings. The van der Waals surface area contributed by atoms with Gasteiger partial charge < -0.3 is 19.2 Å². The first-order valence-corrected chi connectivity index (χ1v) is 7.74. The molecule has 0 amide bonds. The van der Waals surface area contributed by atoms with E-state index in [0.717, 1.165) is 57.1 Å². The normalized spacial score (nSPS) is 18.6. The molecule has 21 heavy (non-hydrogen) atoms. The molecule has 1 N–H and O–H groups in total. The molecule has 2 aromatic rings. The van der Waals surface area contributed by atoms with Crippen LogP contribution >= 0.6 is 0 Å². The Morgan fingerprint density at radius 3 is 3.29 bits per heavy atom. The molecule has 3 heterocycles. The highest BCUT2D eigenvalue weighted by molar-refractivity contribution is 5.39. The summed E-state index contributed by atoms with van der Waals surface area (Å²) in [5.74, 6) is 0. The third-order valence-electron chi connectivity index (χ3n) is 3.69. The summed E-state index contributed by atoms with van der Waals surface area (Å²) in [6, 6.07) is 6.03. The first kappa shape index (κ1) is 14.5. The van der Waals surface area contributed by atoms with Crippen LogP contribution in [0, 0.1) is 0 Å². The molecule has 114 valence electrons. The lowest BCUT2D eigenvalue weighted by atomic mass is 10.2. The molecule has 5 nitrogen and oxygen atoms in total. The zero-order chi connectivity index (χ0) is 14.3. The molecule has 0 spiro atoms. The molecule has 0 aliphatic carbocycles. The summed E-state index contributed by atoms with van der Waals surface area (Å²) in [5, 5.41) is 3.40. The van der Waals surface area contributed by atoms with Crippen LogP contribution in [0.1, 0.15) is 25.0 Å². The molecular weight excluding hydrogens is 266 g/mol. The minimum absolute atomic E-state index is 0.330. The van der Waals surface area contributed by atoms with Crippen LogP contribution in [0.25, 0.3) is 5.65 Å². The summed E-state index contributed by atoms with van der Waals surface area (Å²) in [4.78, 5) is 4.55. The lowest BCUT2D eigenvalue weighted by Gasteiger charge is -2.10. The predicted molar refractivity (Wildman–Crippen MR) is 81.3 cm³/mol. The van der Waals surface area contributed by atoms with E-state index in [9.17, 15) is 0 Å². The summed E-state index contributed by atoms with van der Waals surface area (Å²) >= 11 is 0. The fraction of sp³-hybridized carbons (Fsp3) is 0.562. The van der Waals surface area contributed by atoms with Gasteiger partial charge in [0.15, 0.2) is 0 Å². The molecule has 0 saturated carbocycles. The van der Waals surface area contributed by atoms with Crippen molar-refractivity contribution in [1.29, 1.82) is 0 Å². The maximum atomic E-state index is 5.63. The van der Waals surface area contributed by atoms with E-state index < -0.39 is 0 Å². The van der Waals surface area contributed by atoms with Crippen molar-refractivity contribution >= 4 is 5.65 Å². The third kappa shape index (κ3) is 4.27. The predicted octanol–water partition coefficient (Wildman–Crippen LogP) is 2.01. The van der Waals surface area contributed by atoms with E-state index in [0.29, 0.717) is 6.10 Å². The number of hydrogen-bond donors (Lipinski definition) is 1. The van der Waals surface area contributed by atoms with E-state index in [4.69, 9.17) is 9.47 Å². The number of pyridine rings is 1. The second-order valence-corrected chi connectivity index (χ2v) is 5.44. The van der Waals surface area contributed by atoms with Gasteiger partial charge in [0.25, 0.3) is 0 Å². The van der Waals surface area contributed by atoms with E-state index in [1.807, 2.05) is 28.8 Å². The summed E-state index contributed by atoms with van der Waals surface area (Å²) in [7, 11) is 0. The van der Waals surface area contributed by atoms with E-state index in [1.54, 1.807) is 0 Å². The Hall–Kier alpha value is -1.43. The van der Waals surface area contributed by atoms with Gasteiger partial charge in [0.1, 0.15) is 5.65 Å². The Labute approximate surface area is 125 Å². The number of aromatic nitrogens is 2. The molecule has 1 saturated heterocycles. The van der Waals surface area contributed by atoms with Gasteiger partial charge in [-0.3, -0.25) is 0 Å². The minimum Gasteiger partial charge on any atom is -0.379 e. The second-order valence-electron chi connectivity index (χ2n) is 5.44. The smallest absolute Gasteiger partial charge is 0.137 e. The van der Waals surface area contributed by atoms with Gasteiger partial charge in [-0.1, -0.05) is 6.07 Å². The van der Waals surface area contributed by atoms with Gasteiger partial charge in [-0.25, -0.2) is 4.98 Å². The van der Waals surface area contributed by atoms with Crippen LogP contribution in [-0.4, -0.2) is 41.9 Å². The lowest BCUT2D eigenvalue weighted by Crippen LogP contribution is -2.19. The van der Waals surface area contributed by atoms with Gasteiger partial charge in [-0.05, 0) is 37.9 Å². The number of imidazole rings is 1. The van der Waals surface area contributed by atoms with Gasteiger partial charge in [-0.2, -0.15) is 0 Å². The summed E-state index contributed by atoms with van der Waals surface area (Å²) in [5.41, 5.74) is 2.07. The molecule has 0 aromatic carbocycles. The molecule has 0 bridgehead atoms. The fourth-order valence-electron chi connectivity index (χ4n) is 2.58. The highest BCUT2D eigenvalue weighted by Crippen LogP contribution is 2.11. The number of nitrogens with zero attached hydrogens (tertiary/aromatic N) is 2. The van der Waals surface area contributed by atoms with E-state index >= 15 is 0 Å². The van der Waals surface area contributed by atoms with E-state index in [-0.39, 0.29) is 0 Å². The highest BCUT2D eigenvalue weighted by Gasteiger charge is 2.14. The molecule has 1 atom stereocenters. The fourth-order valence-corrected chi connectivity index (χ4v) is 2.58. The van der Waals surface area contributed by atoms with Crippen molar-refractivity contribution in [2.75, 3.05) is 26.4 Å². The van der Waals surface area contributed by atoms with Crippen LogP contribution in [0.5, 0.6) is 0 Å². The zero-order valence-corrected chi connectivity index (χ0v) is 12.3. The van der Waals surface area contributed by atoms with Gasteiger partial charge in [0, 0.05) is 32.2 Å². The molecule has 0 radical (unpaired) electrons. The number of rotatable bonds is 8. The second kappa shape index (κ2) is 7.54. The van der Waals surface area contributed by atoms with Crippen LogP contribution in [0.15, 0.2) is 30.6 Å². The SMILES string of the molecule is c1ccn2cc(CNCCCOCC3CCCO3)nc2c1. The largest absolute Gasteiger partial charge is 0.379 e. The average molecular weight is 289 g/mol. The maximum Gasteiger partial charge on any atom is 0.137 e. The maximum absolute atomic E-state index is 5.63. The quantitative estimate of drug-likeness (QED) is 0.755. The summed E-state index contributed by atoms with van der Waals surface area (Å²) in [6.07, 6.45) is 7.75. The van der Waals surface area contributed by atoms with Crippen molar-refractivity contribution in [3.63, 3.8) is 0 Å². The number of nitrogens with one attached hydrogen (secondary N) is 1. The van der Waals surface area contributed by atoms with Gasteiger partial charge in [-0.15, -0.1) is 0 Å². The van der Waals surface area contributed by atoms with Crippen molar-refractivity contribution in [2.24, 2.45) is 0 Å². The first-order valence-electron chi connectivity index (χ1n) is 7.74. The van der Waals surface area contributed by atoms with Crippen molar-refractivity contribution in [3.8, 4) is 0 Å². The molecule has 3 rings (SSSR count). The summed E-state index contributed by atoms with van der Waals surface area (Å²) < 4.78 is 13.2. The first-order chi connectivity index (χ1) is 10.4. The molecule has 1 unspecified atom stereocenters. The van der Waals surface area contributed by atoms with Crippen LogP contribution in [0.2, 0.25) is 0 Å². The lowest BCUT2D eigenvalue weighted by molar-refractivity contribution is 0.0166. The third-order valence-corrected chi connectivity index (χ3v) is 3.69. The Bertz CT molecular complexity index is 516. The van der Waals surface area contributed by atoms with Crippen LogP contribution in [0.3, 0.4) is 0 Å². The zero-order valence-electron chi connectivity index (χ0n) is 12.3. The van der Waals surface area contributed by atoms with Gasteiger partial charge in [0.05, 0.1) is 18.4 Å². The Morgan fingerprint density at radius 2 is 2.43 bits per heavy atom. The highest BCUT2D eigenvalue weighted by atomic mass is 16.5. The molecule has 1 fully saturated rings. The van der Waals surface area contributed by atoms with Crippen molar-refractivity contribution < 1.29 is 9.47 Å². The average Bonchev–Trinajstić information content (AvgIpc) is 3.15. The van der Waals surface area contributed by atoms with Crippen LogP contribution in [0.4, 0.5) is 0 Å². The van der Waals surface area contributed by atoms with Crippen LogP contribution in [-0.2, 0) is 16.0 Å². The van der Waals surface area contributed by atoms with E-state index in [1.165, 1.54) is 6.42 Å². The standard InChI is InChI=1S/C16H23N3O2/c1-2-8-19-12-14(18-16(19)6-1)11-17-7-4-9-20-13-15-5-3-10-21-15/h1-2,6,8,12,15,17H,3-5,7,9-11,13H2. The summed E-state index contributed by atoms with van der Waals surface area (Å²) in [6.45, 7) is 4.17. The number of hydrogen-bond acceptors (Lipinski definition) is 4. The molecular formula is C16H23N3O2. The Kier molecular flexibility index (Phi) is 5.21. The number of ether oxygens (including phenoxy) is 2. The monoisotopic (exact) mass is 289 g/mol. The Morgan fingerprint density at radius 1 is 1.43 bits per heavy atom. The van der Waals surface area contributed by atoms with Crippen molar-refractivity contribution in [3.05, 3.63) is 36.3 Å². The minimum atomic E-state index is 0.330. The molecule has 1 aliphatic heterocycles. The van der Waals surface area contributed by atoms with Crippen molar-refractivity contribution in [1.82, 2.24) is 14.7 Å². The number of fused-ring (bicyclic) bond motifs is 1. The molecule has 5 heteroatoms. The van der Waals surface area contributed by atoms with E-state index in [2.05, 4.69) is 16.5 Å². The molecule has 2 aromatic heterocycles.